The molecular formula is C16H21N3O. The molecule has 4 nitrogen and oxygen atoms in total. The minimum Gasteiger partial charge on any atom is -0.322 e. The number of imidazole rings is 1. The first-order valence-electron chi connectivity index (χ1n) is 7.15. The van der Waals surface area contributed by atoms with Gasteiger partial charge in [-0.2, -0.15) is 0 Å². The Hall–Kier alpha value is -1.81. The van der Waals surface area contributed by atoms with E-state index in [0.29, 0.717) is 12.6 Å². The van der Waals surface area contributed by atoms with Crippen LogP contribution in [0.5, 0.6) is 0 Å². The van der Waals surface area contributed by atoms with Crippen molar-refractivity contribution in [1.29, 1.82) is 0 Å². The molecule has 1 unspecified atom stereocenters. The fourth-order valence-corrected chi connectivity index (χ4v) is 2.74. The molecule has 2 aromatic rings. The minimum absolute atomic E-state index is 0.0623. The molecule has 3 rings (SSSR count). The first-order chi connectivity index (χ1) is 9.54. The number of nitrogens with zero attached hydrogens (tertiary/aromatic N) is 2. The summed E-state index contributed by atoms with van der Waals surface area (Å²) in [5.74, 6) is 0. The van der Waals surface area contributed by atoms with Gasteiger partial charge in [0.15, 0.2) is 0 Å². The molecule has 0 amide bonds. The lowest BCUT2D eigenvalue weighted by molar-refractivity contribution is 0.545. The van der Waals surface area contributed by atoms with Crippen LogP contribution in [0, 0.1) is 13.8 Å². The van der Waals surface area contributed by atoms with Crippen molar-refractivity contribution in [2.45, 2.75) is 45.3 Å². The van der Waals surface area contributed by atoms with Crippen LogP contribution in [0.25, 0.3) is 0 Å². The Morgan fingerprint density at radius 3 is 2.45 bits per heavy atom. The number of nitrogens with two attached hydrogens (primary N) is 1. The van der Waals surface area contributed by atoms with E-state index in [-0.39, 0.29) is 11.7 Å². The van der Waals surface area contributed by atoms with Gasteiger partial charge < -0.3 is 5.73 Å². The SMILES string of the molecule is Cc1cc(C)cc(C(N)Cn2ccn(C3CC3)c2=O)c1. The molecule has 1 saturated carbocycles. The Morgan fingerprint density at radius 1 is 1.20 bits per heavy atom. The lowest BCUT2D eigenvalue weighted by Gasteiger charge is -2.14. The van der Waals surface area contributed by atoms with Crippen molar-refractivity contribution in [2.75, 3.05) is 0 Å². The van der Waals surface area contributed by atoms with Crippen LogP contribution in [-0.2, 0) is 6.54 Å². The van der Waals surface area contributed by atoms with Gasteiger partial charge in [-0.05, 0) is 32.3 Å². The summed E-state index contributed by atoms with van der Waals surface area (Å²) in [5.41, 5.74) is 9.83. The molecule has 1 aromatic carbocycles. The molecule has 0 saturated heterocycles. The molecule has 1 heterocycles. The van der Waals surface area contributed by atoms with Gasteiger partial charge in [-0.15, -0.1) is 0 Å². The van der Waals surface area contributed by atoms with Gasteiger partial charge in [0.05, 0.1) is 0 Å². The van der Waals surface area contributed by atoms with Gasteiger partial charge in [-0.25, -0.2) is 4.79 Å². The summed E-state index contributed by atoms with van der Waals surface area (Å²) in [6.45, 7) is 4.67. The third-order valence-electron chi connectivity index (χ3n) is 3.88. The molecule has 2 N–H and O–H groups in total. The average Bonchev–Trinajstić information content (AvgIpc) is 3.15. The molecule has 20 heavy (non-hydrogen) atoms. The van der Waals surface area contributed by atoms with Gasteiger partial charge >= 0.3 is 5.69 Å². The Bertz CT molecular complexity index is 659. The highest BCUT2D eigenvalue weighted by Gasteiger charge is 2.25. The van der Waals surface area contributed by atoms with Crippen molar-refractivity contribution in [1.82, 2.24) is 9.13 Å². The Labute approximate surface area is 118 Å². The summed E-state index contributed by atoms with van der Waals surface area (Å²) in [4.78, 5) is 12.2. The van der Waals surface area contributed by atoms with Crippen molar-refractivity contribution < 1.29 is 0 Å². The van der Waals surface area contributed by atoms with Gasteiger partial charge in [0.2, 0.25) is 0 Å². The second-order valence-corrected chi connectivity index (χ2v) is 5.90. The maximum atomic E-state index is 12.2. The molecule has 1 aliphatic rings. The fraction of sp³-hybridized carbons (Fsp3) is 0.438. The molecule has 1 aromatic heterocycles. The van der Waals surface area contributed by atoms with Crippen molar-refractivity contribution in [3.05, 3.63) is 57.8 Å². The Kier molecular flexibility index (Phi) is 3.26. The van der Waals surface area contributed by atoms with Crippen LogP contribution in [0.15, 0.2) is 35.4 Å². The number of benzene rings is 1. The van der Waals surface area contributed by atoms with Crippen molar-refractivity contribution in [3.63, 3.8) is 0 Å². The van der Waals surface area contributed by atoms with Crippen molar-refractivity contribution in [3.8, 4) is 0 Å². The third-order valence-corrected chi connectivity index (χ3v) is 3.88. The second kappa shape index (κ2) is 4.94. The zero-order valence-corrected chi connectivity index (χ0v) is 12.0. The number of rotatable bonds is 4. The summed E-state index contributed by atoms with van der Waals surface area (Å²) in [7, 11) is 0. The smallest absolute Gasteiger partial charge is 0.322 e. The minimum atomic E-state index is -0.152. The molecule has 0 aliphatic heterocycles. The van der Waals surface area contributed by atoms with Crippen molar-refractivity contribution in [2.24, 2.45) is 5.73 Å². The average molecular weight is 271 g/mol. The standard InChI is InChI=1S/C16H21N3O/c1-11-7-12(2)9-13(8-11)15(17)10-18-5-6-19(16(18)20)14-3-4-14/h5-9,14-15H,3-4,10,17H2,1-2H3. The Balaban J connectivity index is 1.81. The van der Waals surface area contributed by atoms with Crippen LogP contribution in [0.1, 0.15) is 41.6 Å². The van der Waals surface area contributed by atoms with Crippen LogP contribution in [0.4, 0.5) is 0 Å². The maximum Gasteiger partial charge on any atom is 0.328 e. The van der Waals surface area contributed by atoms with E-state index in [0.717, 1.165) is 18.4 Å². The summed E-state index contributed by atoms with van der Waals surface area (Å²) >= 11 is 0. The highest BCUT2D eigenvalue weighted by molar-refractivity contribution is 5.30. The zero-order valence-electron chi connectivity index (χ0n) is 12.0. The first kappa shape index (κ1) is 13.2. The van der Waals surface area contributed by atoms with Crippen molar-refractivity contribution >= 4 is 0 Å². The van der Waals surface area contributed by atoms with Crippen LogP contribution < -0.4 is 11.4 Å². The number of hydrogen-bond acceptors (Lipinski definition) is 2. The van der Waals surface area contributed by atoms with Gasteiger partial charge in [0.1, 0.15) is 0 Å². The molecule has 1 atom stereocenters. The van der Waals surface area contributed by atoms with E-state index >= 15 is 0 Å². The van der Waals surface area contributed by atoms with Gasteiger partial charge in [0.25, 0.3) is 0 Å². The molecule has 1 aliphatic carbocycles. The van der Waals surface area contributed by atoms with E-state index in [2.05, 4.69) is 32.0 Å². The third kappa shape index (κ3) is 2.56. The van der Waals surface area contributed by atoms with Crippen LogP contribution in [0.3, 0.4) is 0 Å². The molecule has 4 heteroatoms. The van der Waals surface area contributed by atoms with Crippen LogP contribution in [-0.4, -0.2) is 9.13 Å². The summed E-state index contributed by atoms with van der Waals surface area (Å²) in [6, 6.07) is 6.59. The van der Waals surface area contributed by atoms with Crippen LogP contribution >= 0.6 is 0 Å². The summed E-state index contributed by atoms with van der Waals surface area (Å²) in [6.07, 6.45) is 5.97. The summed E-state index contributed by atoms with van der Waals surface area (Å²) < 4.78 is 3.55. The molecular weight excluding hydrogens is 250 g/mol. The molecule has 1 fully saturated rings. The Morgan fingerprint density at radius 2 is 1.85 bits per heavy atom. The zero-order chi connectivity index (χ0) is 14.3. The quantitative estimate of drug-likeness (QED) is 0.927. The van der Waals surface area contributed by atoms with E-state index < -0.39 is 0 Å². The van der Waals surface area contributed by atoms with Gasteiger partial charge in [-0.3, -0.25) is 9.13 Å². The fourth-order valence-electron chi connectivity index (χ4n) is 2.74. The predicted octanol–water partition coefficient (Wildman–Crippen LogP) is 2.30. The first-order valence-corrected chi connectivity index (χ1v) is 7.15. The molecule has 0 radical (unpaired) electrons. The molecule has 0 bridgehead atoms. The summed E-state index contributed by atoms with van der Waals surface area (Å²) in [5, 5.41) is 0. The number of aromatic nitrogens is 2. The number of hydrogen-bond donors (Lipinski definition) is 1. The maximum absolute atomic E-state index is 12.2. The van der Waals surface area contributed by atoms with E-state index in [1.165, 1.54) is 11.1 Å². The van der Waals surface area contributed by atoms with E-state index in [9.17, 15) is 4.79 Å². The topological polar surface area (TPSA) is 52.9 Å². The predicted molar refractivity (Wildman–Crippen MR) is 79.8 cm³/mol. The molecule has 106 valence electrons. The van der Waals surface area contributed by atoms with Gasteiger partial charge in [-0.1, -0.05) is 29.3 Å². The molecule has 0 spiro atoms. The van der Waals surface area contributed by atoms with E-state index in [1.54, 1.807) is 4.57 Å². The normalized spacial score (nSPS) is 16.4. The monoisotopic (exact) mass is 271 g/mol. The van der Waals surface area contributed by atoms with Gasteiger partial charge in [0, 0.05) is 31.0 Å². The number of aryl methyl sites for hydroxylation is 2. The largest absolute Gasteiger partial charge is 0.328 e. The lowest BCUT2D eigenvalue weighted by atomic mass is 10.0. The van der Waals surface area contributed by atoms with Crippen LogP contribution in [0.2, 0.25) is 0 Å². The second-order valence-electron chi connectivity index (χ2n) is 5.90. The van der Waals surface area contributed by atoms with E-state index in [1.807, 2.05) is 17.0 Å². The highest BCUT2D eigenvalue weighted by atomic mass is 16.1. The highest BCUT2D eigenvalue weighted by Crippen LogP contribution is 2.33. The lowest BCUT2D eigenvalue weighted by Crippen LogP contribution is -2.28. The van der Waals surface area contributed by atoms with E-state index in [4.69, 9.17) is 5.73 Å².